The first kappa shape index (κ1) is 109. The standard InChI is InChI=1S/C81H141N29O16/c1-10-46(8)63(75(124)109-62(76(125)126)40-45(6)7)110-71(120)58(23-17-37-98-81(92)93)104-66(115)54(19-13-33-94-77(84)85)100-64(113)47(9)99-72(121)59(39-44(4)5)106-70(119)57(22-16-36-97-80(90)91)103-68(117)56(21-15-35-96-79(88)89)105-73(122)60(41-48-24-28-50(111)29-25-48)108-74(123)61(42-49-26-30-51(112)31-27-49)107-69(118)53(18-11-12-32-82)102-67(116)55(20-14-34-95-78(86)87)101-65(114)52(83)38-43(2)3/h24-31,43-47,52-63,111-112H,10-23,32-42,82-83H2,1-9H3,(H,99,121)(H,100,113)(H,101,114)(H,102,116)(H,103,117)(H,104,115)(H,105,122)(H,106,119)(H,107,118)(H,108,123)(H,109,124)(H,110,120)(H,125,126)(H4,84,85,94)(H4,86,87,95)(H4,88,89,96)(H4,90,91,97)(H4,92,93,98)/t46-,47-,52-,53-,54-,55-,56-,57-,58-,59-,60-,61-,62-,63-/m0/s1. The quantitative estimate of drug-likeness (QED) is 0.0169. The second-order valence-electron chi connectivity index (χ2n) is 32.5. The minimum absolute atomic E-state index is 0.00555. The molecule has 126 heavy (non-hydrogen) atoms. The maximum absolute atomic E-state index is 15.2. The Labute approximate surface area is 735 Å². The number of nitrogens with one attached hydrogen (secondary N) is 22. The number of aromatic hydroxyl groups is 2. The van der Waals surface area contributed by atoms with E-state index in [1.807, 2.05) is 13.8 Å². The molecule has 0 aliphatic carbocycles. The summed E-state index contributed by atoms with van der Waals surface area (Å²) in [4.78, 5) is 187. The van der Waals surface area contributed by atoms with Crippen LogP contribution in [0.5, 0.6) is 11.5 Å². The molecule has 0 radical (unpaired) electrons. The SMILES string of the molecule is CC[C@H](C)[C@H](NC(=O)[C@H](CCCNC(=N)N)NC(=O)[C@H](CCCNC(=N)N)NC(=O)[C@H](C)NC(=O)[C@H](CC(C)C)NC(=O)[C@H](CCCNC(=N)N)NC(=O)[C@H](CCCNC(=N)N)NC(=O)[C@H](Cc1ccc(O)cc1)NC(=O)[C@H](Cc1ccc(O)cc1)NC(=O)[C@H](CCCCN)NC(=O)[C@H](CCCNC(=N)N)NC(=O)[C@@H](N)CC(C)C)C(=O)N[C@@H](CC(C)C)C(=O)O. The Morgan fingerprint density at radius 3 is 0.889 bits per heavy atom. The van der Waals surface area contributed by atoms with Crippen LogP contribution in [0, 0.1) is 50.7 Å². The van der Waals surface area contributed by atoms with Gasteiger partial charge in [0, 0.05) is 45.6 Å². The van der Waals surface area contributed by atoms with Gasteiger partial charge in [0.2, 0.25) is 70.9 Å². The molecule has 0 aromatic heterocycles. The van der Waals surface area contributed by atoms with Gasteiger partial charge >= 0.3 is 5.97 Å². The number of nitrogens with two attached hydrogens (primary N) is 7. The average molecular weight is 1780 g/mol. The van der Waals surface area contributed by atoms with Crippen molar-refractivity contribution >= 4 is 107 Å². The van der Waals surface area contributed by atoms with Gasteiger partial charge in [0.05, 0.1) is 6.04 Å². The van der Waals surface area contributed by atoms with E-state index in [1.54, 1.807) is 41.5 Å². The first-order chi connectivity index (χ1) is 59.3. The first-order valence-electron chi connectivity index (χ1n) is 42.6. The van der Waals surface area contributed by atoms with E-state index >= 15 is 14.4 Å². The Balaban J connectivity index is 2.76. The smallest absolute Gasteiger partial charge is 0.326 e. The van der Waals surface area contributed by atoms with E-state index < -0.39 is 179 Å². The summed E-state index contributed by atoms with van der Waals surface area (Å²) >= 11 is 0. The fourth-order valence-electron chi connectivity index (χ4n) is 13.0. The van der Waals surface area contributed by atoms with Gasteiger partial charge in [-0.05, 0) is 175 Å². The van der Waals surface area contributed by atoms with E-state index in [0.29, 0.717) is 24.0 Å². The average Bonchev–Trinajstić information content (AvgIpc) is 0.848. The normalized spacial score (nSPS) is 14.4. The number of phenolic OH excluding ortho intramolecular Hbond substituents is 2. The molecule has 2 rings (SSSR count). The van der Waals surface area contributed by atoms with Gasteiger partial charge in [-0.2, -0.15) is 0 Å². The first-order valence-corrected chi connectivity index (χ1v) is 42.6. The summed E-state index contributed by atoms with van der Waals surface area (Å²) in [6.07, 6.45) is 0.261. The van der Waals surface area contributed by atoms with Crippen LogP contribution in [-0.4, -0.2) is 240 Å². The summed E-state index contributed by atoms with van der Waals surface area (Å²) in [6, 6.07) is -7.37. The maximum atomic E-state index is 15.2. The molecule has 706 valence electrons. The monoisotopic (exact) mass is 1780 g/mol. The predicted molar refractivity (Wildman–Crippen MR) is 475 cm³/mol. The number of unbranched alkanes of at least 4 members (excludes halogenated alkanes) is 1. The molecule has 0 saturated carbocycles. The lowest BCUT2D eigenvalue weighted by molar-refractivity contribution is -0.143. The molecule has 45 heteroatoms. The van der Waals surface area contributed by atoms with E-state index in [2.05, 4.69) is 90.4 Å². The molecule has 12 amide bonds. The van der Waals surface area contributed by atoms with Crippen LogP contribution in [0.3, 0.4) is 0 Å². The lowest BCUT2D eigenvalue weighted by Gasteiger charge is -2.29. The molecule has 2 aromatic carbocycles. The van der Waals surface area contributed by atoms with Crippen LogP contribution in [-0.2, 0) is 75.2 Å². The van der Waals surface area contributed by atoms with Crippen LogP contribution < -0.4 is 131 Å². The fraction of sp³-hybridized carbons (Fsp3) is 0.630. The topological polar surface area (TPSA) is 788 Å². The summed E-state index contributed by atoms with van der Waals surface area (Å²) in [6.45, 7) is 15.8. The van der Waals surface area contributed by atoms with Crippen molar-refractivity contribution in [3.63, 3.8) is 0 Å². The van der Waals surface area contributed by atoms with Crippen molar-refractivity contribution in [2.75, 3.05) is 39.3 Å². The van der Waals surface area contributed by atoms with Crippen molar-refractivity contribution in [3.8, 4) is 11.5 Å². The van der Waals surface area contributed by atoms with Crippen LogP contribution in [0.15, 0.2) is 48.5 Å². The highest BCUT2D eigenvalue weighted by Crippen LogP contribution is 2.19. The van der Waals surface area contributed by atoms with Gasteiger partial charge in [-0.1, -0.05) is 86.1 Å². The third kappa shape index (κ3) is 45.2. The largest absolute Gasteiger partial charge is 0.508 e. The van der Waals surface area contributed by atoms with E-state index in [9.17, 15) is 63.3 Å². The van der Waals surface area contributed by atoms with E-state index in [4.69, 9.17) is 67.2 Å². The van der Waals surface area contributed by atoms with Crippen LogP contribution in [0.2, 0.25) is 0 Å². The van der Waals surface area contributed by atoms with Crippen molar-refractivity contribution < 1.29 is 77.6 Å². The molecule has 0 heterocycles. The summed E-state index contributed by atoms with van der Waals surface area (Å²) < 4.78 is 0. The molecule has 0 saturated heterocycles. The van der Waals surface area contributed by atoms with Crippen LogP contribution >= 0.6 is 0 Å². The van der Waals surface area contributed by atoms with Gasteiger partial charge in [0.15, 0.2) is 29.8 Å². The van der Waals surface area contributed by atoms with Crippen molar-refractivity contribution in [2.45, 2.75) is 263 Å². The molecule has 0 bridgehead atoms. The Hall–Kier alpha value is -12.6. The lowest BCUT2D eigenvalue weighted by Crippen LogP contribution is -2.61. The number of carboxylic acids is 1. The maximum Gasteiger partial charge on any atom is 0.326 e. The van der Waals surface area contributed by atoms with Gasteiger partial charge in [-0.15, -0.1) is 0 Å². The van der Waals surface area contributed by atoms with Crippen molar-refractivity contribution in [3.05, 3.63) is 59.7 Å². The zero-order chi connectivity index (χ0) is 94.9. The second-order valence-corrected chi connectivity index (χ2v) is 32.5. The number of hydrogen-bond acceptors (Lipinski definition) is 22. The Kier molecular flexibility index (Phi) is 50.9. The lowest BCUT2D eigenvalue weighted by atomic mass is 9.96. The summed E-state index contributed by atoms with van der Waals surface area (Å²) in [7, 11) is 0. The number of carbonyl (C=O) groups is 13. The Bertz CT molecular complexity index is 3900. The fourth-order valence-corrected chi connectivity index (χ4v) is 13.0. The molecular weight excluding hydrogens is 1640 g/mol. The number of benzene rings is 2. The number of hydrogen-bond donors (Lipinski definition) is 32. The number of phenols is 2. The molecule has 45 nitrogen and oxygen atoms in total. The van der Waals surface area contributed by atoms with E-state index in [-0.39, 0.29) is 190 Å². The zero-order valence-electron chi connectivity index (χ0n) is 73.8. The highest BCUT2D eigenvalue weighted by Gasteiger charge is 2.39. The predicted octanol–water partition coefficient (Wildman–Crippen LogP) is -4.24. The number of rotatable bonds is 61. The van der Waals surface area contributed by atoms with Gasteiger partial charge in [0.25, 0.3) is 0 Å². The van der Waals surface area contributed by atoms with Crippen molar-refractivity contribution in [1.29, 1.82) is 27.0 Å². The van der Waals surface area contributed by atoms with E-state index in [0.717, 1.165) is 0 Å². The molecule has 0 fully saturated rings. The number of carboxylic acid groups (broad SMARTS) is 1. The molecule has 39 N–H and O–H groups in total. The van der Waals surface area contributed by atoms with Crippen LogP contribution in [0.1, 0.15) is 183 Å². The third-order valence-corrected chi connectivity index (χ3v) is 20.0. The second kappa shape index (κ2) is 58.5. The molecule has 0 aliphatic heterocycles. The van der Waals surface area contributed by atoms with Gasteiger partial charge in [-0.3, -0.25) is 84.6 Å². The summed E-state index contributed by atoms with van der Waals surface area (Å²) in [5.74, 6) is -15.4. The Morgan fingerprint density at radius 2 is 0.587 bits per heavy atom. The van der Waals surface area contributed by atoms with Crippen molar-refractivity contribution in [2.24, 2.45) is 63.8 Å². The Morgan fingerprint density at radius 1 is 0.325 bits per heavy atom. The number of aliphatic carboxylic acids is 1. The zero-order valence-corrected chi connectivity index (χ0v) is 73.8. The van der Waals surface area contributed by atoms with Crippen molar-refractivity contribution in [1.82, 2.24) is 90.4 Å². The molecule has 0 spiro atoms. The van der Waals surface area contributed by atoms with Gasteiger partial charge in [-0.25, -0.2) is 4.79 Å². The van der Waals surface area contributed by atoms with Gasteiger partial charge in [0.1, 0.15) is 84.0 Å². The molecule has 0 aliphatic rings. The number of carbonyl (C=O) groups excluding carboxylic acids is 12. The van der Waals surface area contributed by atoms with E-state index in [1.165, 1.54) is 55.5 Å². The molecule has 14 atom stereocenters. The van der Waals surface area contributed by atoms with Crippen LogP contribution in [0.25, 0.3) is 0 Å². The summed E-state index contributed by atoms with van der Waals surface area (Å²) in [5, 5.41) is 114. The minimum Gasteiger partial charge on any atom is -0.508 e. The number of amides is 12. The number of guanidine groups is 5. The van der Waals surface area contributed by atoms with Crippen LogP contribution in [0.4, 0.5) is 0 Å². The molecule has 0 unspecified atom stereocenters. The molecular formula is C81H141N29O16. The highest BCUT2D eigenvalue weighted by atomic mass is 16.4. The summed E-state index contributed by atoms with van der Waals surface area (Å²) in [5.41, 5.74) is 40.6. The molecule has 2 aromatic rings. The van der Waals surface area contributed by atoms with Gasteiger partial charge < -0.3 is 146 Å². The minimum atomic E-state index is -1.65. The highest BCUT2D eigenvalue weighted by molar-refractivity contribution is 6.00. The third-order valence-electron chi connectivity index (χ3n) is 20.0.